The lowest BCUT2D eigenvalue weighted by atomic mass is 10.1. The molecule has 21 heavy (non-hydrogen) atoms. The van der Waals surface area contributed by atoms with E-state index in [1.807, 2.05) is 31.3 Å². The number of hydrogen-bond donors (Lipinski definition) is 2. The molecule has 1 fully saturated rings. The van der Waals surface area contributed by atoms with Crippen molar-refractivity contribution in [3.8, 4) is 0 Å². The predicted molar refractivity (Wildman–Crippen MR) is 78.1 cm³/mol. The molecule has 2 heterocycles. The number of nitrogens with one attached hydrogen (secondary N) is 2. The van der Waals surface area contributed by atoms with Gasteiger partial charge in [-0.15, -0.1) is 0 Å². The largest absolute Gasteiger partial charge is 0.448 e. The Morgan fingerprint density at radius 2 is 2.33 bits per heavy atom. The van der Waals surface area contributed by atoms with Gasteiger partial charge >= 0.3 is 6.09 Å². The molecular weight excluding hydrogens is 270 g/mol. The molecule has 0 saturated carbocycles. The smallest absolute Gasteiger partial charge is 0.410 e. The fourth-order valence-electron chi connectivity index (χ4n) is 2.54. The molecule has 0 spiro atoms. The highest BCUT2D eigenvalue weighted by Gasteiger charge is 2.24. The predicted octanol–water partition coefficient (Wildman–Crippen LogP) is 1.74. The lowest BCUT2D eigenvalue weighted by molar-refractivity contribution is 0.0932. The van der Waals surface area contributed by atoms with Gasteiger partial charge in [-0.2, -0.15) is 0 Å². The number of aromatic nitrogens is 1. The number of amides is 2. The van der Waals surface area contributed by atoms with Crippen molar-refractivity contribution in [1.82, 2.24) is 15.2 Å². The minimum atomic E-state index is -0.317. The first-order valence-corrected chi connectivity index (χ1v) is 6.94. The van der Waals surface area contributed by atoms with Crippen molar-refractivity contribution in [3.05, 3.63) is 36.0 Å². The lowest BCUT2D eigenvalue weighted by Gasteiger charge is -2.19. The third-order valence-corrected chi connectivity index (χ3v) is 3.55. The number of carbonyl (C=O) groups is 2. The maximum Gasteiger partial charge on any atom is 0.410 e. The maximum atomic E-state index is 12.4. The summed E-state index contributed by atoms with van der Waals surface area (Å²) < 4.78 is 4.87. The van der Waals surface area contributed by atoms with E-state index in [2.05, 4.69) is 10.3 Å². The van der Waals surface area contributed by atoms with E-state index in [-0.39, 0.29) is 18.0 Å². The van der Waals surface area contributed by atoms with Crippen LogP contribution >= 0.6 is 0 Å². The van der Waals surface area contributed by atoms with Gasteiger partial charge in [0.05, 0.1) is 17.6 Å². The van der Waals surface area contributed by atoms with Gasteiger partial charge in [-0.1, -0.05) is 12.1 Å². The number of ether oxygens (including phenoxy) is 1. The third-order valence-electron chi connectivity index (χ3n) is 3.55. The minimum Gasteiger partial charge on any atom is -0.448 e. The van der Waals surface area contributed by atoms with Crippen molar-refractivity contribution in [3.63, 3.8) is 0 Å². The molecule has 0 radical (unpaired) electrons. The second kappa shape index (κ2) is 5.47. The van der Waals surface area contributed by atoms with Crippen LogP contribution in [-0.2, 0) is 4.74 Å². The molecule has 110 valence electrons. The van der Waals surface area contributed by atoms with E-state index in [1.54, 1.807) is 11.0 Å². The van der Waals surface area contributed by atoms with Gasteiger partial charge in [0.1, 0.15) is 6.61 Å². The Labute approximate surface area is 122 Å². The van der Waals surface area contributed by atoms with E-state index in [0.29, 0.717) is 25.3 Å². The van der Waals surface area contributed by atoms with Gasteiger partial charge in [-0.25, -0.2) is 4.79 Å². The van der Waals surface area contributed by atoms with Crippen LogP contribution in [0.15, 0.2) is 30.5 Å². The molecule has 1 saturated heterocycles. The number of nitrogens with zero attached hydrogens (tertiary/aromatic N) is 1. The van der Waals surface area contributed by atoms with Gasteiger partial charge in [0, 0.05) is 24.2 Å². The van der Waals surface area contributed by atoms with Crippen LogP contribution in [0.4, 0.5) is 4.79 Å². The summed E-state index contributed by atoms with van der Waals surface area (Å²) in [5.74, 6) is -0.150. The molecule has 0 bridgehead atoms. The minimum absolute atomic E-state index is 0.145. The molecule has 1 atom stereocenters. The molecule has 2 aromatic rings. The highest BCUT2D eigenvalue weighted by molar-refractivity contribution is 6.05. The van der Waals surface area contributed by atoms with Crippen LogP contribution in [0.5, 0.6) is 0 Å². The van der Waals surface area contributed by atoms with E-state index in [4.69, 9.17) is 4.74 Å². The van der Waals surface area contributed by atoms with E-state index in [1.165, 1.54) is 0 Å². The fourth-order valence-corrected chi connectivity index (χ4v) is 2.54. The Bertz CT molecular complexity index is 680. The van der Waals surface area contributed by atoms with Gasteiger partial charge < -0.3 is 19.9 Å². The van der Waals surface area contributed by atoms with E-state index in [9.17, 15) is 9.59 Å². The molecule has 6 nitrogen and oxygen atoms in total. The van der Waals surface area contributed by atoms with Crippen LogP contribution in [0.3, 0.4) is 0 Å². The summed E-state index contributed by atoms with van der Waals surface area (Å²) in [6, 6.07) is 7.37. The molecule has 1 aromatic heterocycles. The van der Waals surface area contributed by atoms with Crippen LogP contribution in [0.1, 0.15) is 17.3 Å². The molecular formula is C15H17N3O3. The number of para-hydroxylation sites is 1. The Morgan fingerprint density at radius 1 is 1.48 bits per heavy atom. The standard InChI is InChI=1S/C15H17N3O3/c1-10(9-18-7-8-21-15(18)20)17-14(19)12-4-2-3-11-5-6-16-13(11)12/h2-6,10,16H,7-9H2,1H3,(H,17,19)/t10-/m1/s1. The monoisotopic (exact) mass is 287 g/mol. The van der Waals surface area contributed by atoms with Crippen LogP contribution < -0.4 is 5.32 Å². The van der Waals surface area contributed by atoms with Crippen molar-refractivity contribution in [1.29, 1.82) is 0 Å². The normalized spacial score (nSPS) is 16.0. The highest BCUT2D eigenvalue weighted by Crippen LogP contribution is 2.17. The topological polar surface area (TPSA) is 74.4 Å². The number of fused-ring (bicyclic) bond motifs is 1. The Balaban J connectivity index is 1.68. The number of rotatable bonds is 4. The zero-order valence-corrected chi connectivity index (χ0v) is 11.8. The zero-order valence-electron chi connectivity index (χ0n) is 11.8. The summed E-state index contributed by atoms with van der Waals surface area (Å²) in [7, 11) is 0. The number of hydrogen-bond acceptors (Lipinski definition) is 3. The molecule has 1 aromatic carbocycles. The van der Waals surface area contributed by atoms with E-state index in [0.717, 1.165) is 10.9 Å². The summed E-state index contributed by atoms with van der Waals surface area (Å²) in [6.07, 6.45) is 1.49. The summed E-state index contributed by atoms with van der Waals surface area (Å²) in [6.45, 7) is 3.32. The third kappa shape index (κ3) is 2.69. The quantitative estimate of drug-likeness (QED) is 0.899. The molecule has 2 N–H and O–H groups in total. The Morgan fingerprint density at radius 3 is 3.10 bits per heavy atom. The average Bonchev–Trinajstić information content (AvgIpc) is 3.07. The molecule has 0 unspecified atom stereocenters. The van der Waals surface area contributed by atoms with E-state index >= 15 is 0 Å². The summed E-state index contributed by atoms with van der Waals surface area (Å²) in [5.41, 5.74) is 1.43. The van der Waals surface area contributed by atoms with Crippen LogP contribution in [0, 0.1) is 0 Å². The fraction of sp³-hybridized carbons (Fsp3) is 0.333. The average molecular weight is 287 g/mol. The first-order valence-electron chi connectivity index (χ1n) is 6.94. The summed E-state index contributed by atoms with van der Waals surface area (Å²) in [4.78, 5) is 28.4. The van der Waals surface area contributed by atoms with Gasteiger partial charge in [0.15, 0.2) is 0 Å². The Kier molecular flexibility index (Phi) is 3.51. The van der Waals surface area contributed by atoms with Crippen molar-refractivity contribution < 1.29 is 14.3 Å². The number of benzene rings is 1. The molecule has 3 rings (SSSR count). The van der Waals surface area contributed by atoms with Crippen molar-refractivity contribution in [2.75, 3.05) is 19.7 Å². The zero-order chi connectivity index (χ0) is 14.8. The van der Waals surface area contributed by atoms with Crippen LogP contribution in [-0.4, -0.2) is 47.6 Å². The van der Waals surface area contributed by atoms with Crippen LogP contribution in [0.25, 0.3) is 10.9 Å². The molecule has 1 aliphatic heterocycles. The highest BCUT2D eigenvalue weighted by atomic mass is 16.6. The van der Waals surface area contributed by atoms with Gasteiger partial charge in [-0.3, -0.25) is 4.79 Å². The molecule has 6 heteroatoms. The second-order valence-electron chi connectivity index (χ2n) is 5.18. The molecule has 1 aliphatic rings. The second-order valence-corrected chi connectivity index (χ2v) is 5.18. The number of aromatic amines is 1. The number of H-pyrrole nitrogens is 1. The number of cyclic esters (lactones) is 1. The van der Waals surface area contributed by atoms with Crippen molar-refractivity contribution >= 4 is 22.9 Å². The lowest BCUT2D eigenvalue weighted by Crippen LogP contribution is -2.42. The van der Waals surface area contributed by atoms with Gasteiger partial charge in [0.25, 0.3) is 5.91 Å². The SMILES string of the molecule is C[C@H](CN1CCOC1=O)NC(=O)c1cccc2cc[nH]c12. The summed E-state index contributed by atoms with van der Waals surface area (Å²) >= 11 is 0. The number of carbonyl (C=O) groups excluding carboxylic acids is 2. The Hall–Kier alpha value is -2.50. The van der Waals surface area contributed by atoms with Gasteiger partial charge in [-0.05, 0) is 19.1 Å². The summed E-state index contributed by atoms with van der Waals surface area (Å²) in [5, 5.41) is 3.92. The molecule has 0 aliphatic carbocycles. The first-order chi connectivity index (χ1) is 10.1. The van der Waals surface area contributed by atoms with Crippen molar-refractivity contribution in [2.24, 2.45) is 0 Å². The van der Waals surface area contributed by atoms with Crippen molar-refractivity contribution in [2.45, 2.75) is 13.0 Å². The molecule has 2 amide bonds. The first kappa shape index (κ1) is 13.5. The maximum absolute atomic E-state index is 12.4. The van der Waals surface area contributed by atoms with E-state index < -0.39 is 0 Å². The van der Waals surface area contributed by atoms with Crippen LogP contribution in [0.2, 0.25) is 0 Å². The van der Waals surface area contributed by atoms with Gasteiger partial charge in [0.2, 0.25) is 0 Å².